The van der Waals surface area contributed by atoms with Crippen LogP contribution in [0.2, 0.25) is 0 Å². The van der Waals surface area contributed by atoms with Gasteiger partial charge < -0.3 is 19.9 Å². The molecule has 30 heavy (non-hydrogen) atoms. The maximum atomic E-state index is 12.8. The van der Waals surface area contributed by atoms with Crippen LogP contribution in [0.5, 0.6) is 0 Å². The van der Waals surface area contributed by atoms with Crippen molar-refractivity contribution in [2.45, 2.75) is 43.2 Å². The number of esters is 1. The Balaban J connectivity index is 1.34. The summed E-state index contributed by atoms with van der Waals surface area (Å²) < 4.78 is 10.6. The molecule has 1 amide bonds. The Kier molecular flexibility index (Phi) is 4.36. The van der Waals surface area contributed by atoms with Gasteiger partial charge >= 0.3 is 12.1 Å². The van der Waals surface area contributed by atoms with Crippen molar-refractivity contribution in [3.63, 3.8) is 0 Å². The second-order valence-corrected chi connectivity index (χ2v) is 8.58. The molecule has 3 aliphatic carbocycles. The predicted octanol–water partition coefficient (Wildman–Crippen LogP) is 3.37. The number of fused-ring (bicyclic) bond motifs is 3. The number of hydrogen-bond donors (Lipinski definition) is 2. The van der Waals surface area contributed by atoms with Gasteiger partial charge in [-0.15, -0.1) is 0 Å². The maximum Gasteiger partial charge on any atom is 0.408 e. The quantitative estimate of drug-likeness (QED) is 0.759. The first kappa shape index (κ1) is 19.1. The lowest BCUT2D eigenvalue weighted by Crippen LogP contribution is -2.79. The first-order valence-corrected chi connectivity index (χ1v) is 10.4. The van der Waals surface area contributed by atoms with Crippen molar-refractivity contribution in [1.82, 2.24) is 5.32 Å². The highest BCUT2D eigenvalue weighted by molar-refractivity contribution is 5.89. The number of nitrogens with one attached hydrogen (secondary N) is 1. The molecule has 2 aromatic rings. The molecule has 0 heterocycles. The van der Waals surface area contributed by atoms with Crippen LogP contribution in [0.25, 0.3) is 11.1 Å². The number of ether oxygens (including phenoxy) is 2. The fourth-order valence-electron chi connectivity index (χ4n) is 5.66. The van der Waals surface area contributed by atoms with Crippen molar-refractivity contribution in [2.24, 2.45) is 5.41 Å². The molecule has 0 saturated heterocycles. The first-order chi connectivity index (χ1) is 14.5. The summed E-state index contributed by atoms with van der Waals surface area (Å²) in [6.07, 6.45) is 1.19. The van der Waals surface area contributed by atoms with E-state index in [-0.39, 0.29) is 18.9 Å². The van der Waals surface area contributed by atoms with Crippen LogP contribution in [-0.4, -0.2) is 42.5 Å². The number of benzene rings is 2. The molecule has 6 nitrogen and oxygen atoms in total. The molecule has 0 aromatic heterocycles. The molecule has 2 N–H and O–H groups in total. The number of carbonyl (C=O) groups excluding carboxylic acids is 2. The maximum absolute atomic E-state index is 12.8. The highest BCUT2D eigenvalue weighted by atomic mass is 16.6. The Morgan fingerprint density at radius 2 is 1.67 bits per heavy atom. The number of methoxy groups -OCH3 is 1. The highest BCUT2D eigenvalue weighted by Gasteiger charge is 2.72. The molecule has 5 rings (SSSR count). The SMILES string of the molecule is COC(=O)[C@]1(NC(=O)OCC2c3ccccc3-c3ccccc32)C[C@@H](O)C12CCC2. The first-order valence-electron chi connectivity index (χ1n) is 10.4. The number of hydrogen-bond acceptors (Lipinski definition) is 5. The third-order valence-electron chi connectivity index (χ3n) is 7.43. The molecular formula is C24H25NO5. The number of alkyl carbamates (subject to hydrolysis) is 1. The molecule has 0 unspecified atom stereocenters. The van der Waals surface area contributed by atoms with Gasteiger partial charge in [-0.05, 0) is 35.1 Å². The summed E-state index contributed by atoms with van der Waals surface area (Å²) in [5.74, 6) is -0.567. The molecule has 2 aromatic carbocycles. The van der Waals surface area contributed by atoms with E-state index in [4.69, 9.17) is 9.47 Å². The van der Waals surface area contributed by atoms with E-state index in [1.165, 1.54) is 7.11 Å². The molecule has 6 heteroatoms. The molecule has 2 atom stereocenters. The molecule has 0 aliphatic heterocycles. The third kappa shape index (κ3) is 2.46. The number of aliphatic hydroxyl groups is 1. The largest absolute Gasteiger partial charge is 0.467 e. The summed E-state index contributed by atoms with van der Waals surface area (Å²) in [6, 6.07) is 16.3. The summed E-state index contributed by atoms with van der Waals surface area (Å²) in [7, 11) is 1.31. The lowest BCUT2D eigenvalue weighted by molar-refractivity contribution is -0.214. The third-order valence-corrected chi connectivity index (χ3v) is 7.43. The van der Waals surface area contributed by atoms with E-state index in [9.17, 15) is 14.7 Å². The predicted molar refractivity (Wildman–Crippen MR) is 110 cm³/mol. The van der Waals surface area contributed by atoms with Gasteiger partial charge in [0.25, 0.3) is 0 Å². The van der Waals surface area contributed by atoms with E-state index < -0.39 is 29.1 Å². The van der Waals surface area contributed by atoms with E-state index >= 15 is 0 Å². The van der Waals surface area contributed by atoms with Crippen LogP contribution in [0.1, 0.15) is 42.7 Å². The minimum atomic E-state index is -1.21. The molecule has 1 spiro atoms. The summed E-state index contributed by atoms with van der Waals surface area (Å²) >= 11 is 0. The van der Waals surface area contributed by atoms with Gasteiger partial charge in [0.2, 0.25) is 0 Å². The molecule has 156 valence electrons. The van der Waals surface area contributed by atoms with Crippen molar-refractivity contribution in [3.05, 3.63) is 59.7 Å². The molecule has 2 fully saturated rings. The Morgan fingerprint density at radius 3 is 2.17 bits per heavy atom. The van der Waals surface area contributed by atoms with E-state index in [1.54, 1.807) is 0 Å². The molecular weight excluding hydrogens is 382 g/mol. The van der Waals surface area contributed by atoms with Crippen LogP contribution in [0.4, 0.5) is 4.79 Å². The van der Waals surface area contributed by atoms with Crippen molar-refractivity contribution >= 4 is 12.1 Å². The minimum absolute atomic E-state index is 0.0538. The Hall–Kier alpha value is -2.86. The standard InChI is InChI=1S/C24H25NO5/c1-29-21(27)24(13-20(26)23(24)11-6-12-23)25-22(28)30-14-19-17-9-4-2-7-15(17)16-8-3-5-10-18(16)19/h2-5,7-10,19-20,26H,6,11-14H2,1H3,(H,25,28)/t20-,24-/m1/s1. The average molecular weight is 407 g/mol. The highest BCUT2D eigenvalue weighted by Crippen LogP contribution is 2.62. The average Bonchev–Trinajstić information content (AvgIpc) is 3.03. The van der Waals surface area contributed by atoms with Crippen molar-refractivity contribution in [2.75, 3.05) is 13.7 Å². The van der Waals surface area contributed by atoms with Gasteiger partial charge in [-0.25, -0.2) is 9.59 Å². The zero-order valence-electron chi connectivity index (χ0n) is 16.9. The smallest absolute Gasteiger partial charge is 0.408 e. The molecule has 2 saturated carbocycles. The zero-order valence-corrected chi connectivity index (χ0v) is 16.9. The van der Waals surface area contributed by atoms with E-state index in [0.717, 1.165) is 28.7 Å². The van der Waals surface area contributed by atoms with E-state index in [2.05, 4.69) is 29.6 Å². The summed E-state index contributed by atoms with van der Waals surface area (Å²) in [6.45, 7) is 0.173. The fraction of sp³-hybridized carbons (Fsp3) is 0.417. The topological polar surface area (TPSA) is 84.9 Å². The number of aliphatic hydroxyl groups excluding tert-OH is 1. The normalized spacial score (nSPS) is 25.5. The van der Waals surface area contributed by atoms with Crippen LogP contribution in [0.3, 0.4) is 0 Å². The Labute approximate surface area is 175 Å². The van der Waals surface area contributed by atoms with Gasteiger partial charge in [-0.1, -0.05) is 55.0 Å². The van der Waals surface area contributed by atoms with Crippen molar-refractivity contribution in [1.29, 1.82) is 0 Å². The Bertz CT molecular complexity index is 969. The van der Waals surface area contributed by atoms with Gasteiger partial charge in [0.1, 0.15) is 6.61 Å². The van der Waals surface area contributed by atoms with Crippen LogP contribution in [0.15, 0.2) is 48.5 Å². The van der Waals surface area contributed by atoms with Gasteiger partial charge in [0.05, 0.1) is 13.2 Å². The van der Waals surface area contributed by atoms with Crippen LogP contribution in [-0.2, 0) is 14.3 Å². The summed E-state index contributed by atoms with van der Waals surface area (Å²) in [4.78, 5) is 25.4. The van der Waals surface area contributed by atoms with Crippen LogP contribution in [0, 0.1) is 5.41 Å². The van der Waals surface area contributed by atoms with E-state index in [0.29, 0.717) is 12.8 Å². The van der Waals surface area contributed by atoms with Crippen LogP contribution >= 0.6 is 0 Å². The monoisotopic (exact) mass is 407 g/mol. The second kappa shape index (κ2) is 6.84. The summed E-state index contributed by atoms with van der Waals surface area (Å²) in [5, 5.41) is 13.1. The lowest BCUT2D eigenvalue weighted by atomic mass is 9.43. The lowest BCUT2D eigenvalue weighted by Gasteiger charge is -2.64. The molecule has 0 bridgehead atoms. The second-order valence-electron chi connectivity index (χ2n) is 8.58. The molecule has 3 aliphatic rings. The van der Waals surface area contributed by atoms with Gasteiger partial charge in [0, 0.05) is 17.8 Å². The van der Waals surface area contributed by atoms with Crippen molar-refractivity contribution < 1.29 is 24.2 Å². The fourth-order valence-corrected chi connectivity index (χ4v) is 5.66. The Morgan fingerprint density at radius 1 is 1.07 bits per heavy atom. The summed E-state index contributed by atoms with van der Waals surface area (Å²) in [5.41, 5.74) is 2.73. The number of carbonyl (C=O) groups is 2. The van der Waals surface area contributed by atoms with Gasteiger partial charge in [-0.3, -0.25) is 0 Å². The van der Waals surface area contributed by atoms with Gasteiger partial charge in [0.15, 0.2) is 5.54 Å². The minimum Gasteiger partial charge on any atom is -0.467 e. The molecule has 0 radical (unpaired) electrons. The van der Waals surface area contributed by atoms with Gasteiger partial charge in [-0.2, -0.15) is 0 Å². The van der Waals surface area contributed by atoms with Crippen LogP contribution < -0.4 is 5.32 Å². The number of rotatable bonds is 4. The van der Waals surface area contributed by atoms with Crippen molar-refractivity contribution in [3.8, 4) is 11.1 Å². The number of amides is 1. The zero-order chi connectivity index (χ0) is 20.9. The van der Waals surface area contributed by atoms with E-state index in [1.807, 2.05) is 24.3 Å².